The zero-order chi connectivity index (χ0) is 13.1. The van der Waals surface area contributed by atoms with Gasteiger partial charge in [-0.2, -0.15) is 0 Å². The zero-order valence-electron chi connectivity index (χ0n) is 10.3. The summed E-state index contributed by atoms with van der Waals surface area (Å²) in [5.41, 5.74) is 2.58. The lowest BCUT2D eigenvalue weighted by molar-refractivity contribution is 0.0702. The largest absolute Gasteiger partial charge is 0.477 e. The normalized spacial score (nSPS) is 10.6. The highest BCUT2D eigenvalue weighted by molar-refractivity contribution is 7.98. The quantitative estimate of drug-likeness (QED) is 0.845. The Kier molecular flexibility index (Phi) is 4.09. The third kappa shape index (κ3) is 3.15. The zero-order valence-corrected chi connectivity index (χ0v) is 11.9. The van der Waals surface area contributed by atoms with Crippen molar-refractivity contribution in [3.8, 4) is 0 Å². The minimum absolute atomic E-state index is 0.408. The number of hydrogen-bond donors (Lipinski definition) is 1. The molecule has 1 aromatic carbocycles. The summed E-state index contributed by atoms with van der Waals surface area (Å²) in [5, 5.41) is 8.85. The van der Waals surface area contributed by atoms with E-state index in [1.807, 2.05) is 6.07 Å². The van der Waals surface area contributed by atoms with E-state index in [9.17, 15) is 4.79 Å². The van der Waals surface area contributed by atoms with E-state index < -0.39 is 5.97 Å². The van der Waals surface area contributed by atoms with Gasteiger partial charge in [0.1, 0.15) is 4.88 Å². The van der Waals surface area contributed by atoms with E-state index in [1.54, 1.807) is 17.8 Å². The second-order valence-electron chi connectivity index (χ2n) is 4.11. The third-order valence-electron chi connectivity index (χ3n) is 2.73. The van der Waals surface area contributed by atoms with Gasteiger partial charge in [-0.25, -0.2) is 4.79 Å². The maximum Gasteiger partial charge on any atom is 0.345 e. The Morgan fingerprint density at radius 2 is 2.00 bits per heavy atom. The van der Waals surface area contributed by atoms with Crippen molar-refractivity contribution in [1.29, 1.82) is 0 Å². The molecule has 1 heterocycles. The summed E-state index contributed by atoms with van der Waals surface area (Å²) in [4.78, 5) is 13.5. The van der Waals surface area contributed by atoms with E-state index in [4.69, 9.17) is 5.11 Å². The summed E-state index contributed by atoms with van der Waals surface area (Å²) in [6.45, 7) is 4.20. The molecule has 0 saturated carbocycles. The topological polar surface area (TPSA) is 37.3 Å². The van der Waals surface area contributed by atoms with E-state index in [0.717, 1.165) is 10.6 Å². The molecule has 1 N–H and O–H groups in total. The fraction of sp³-hybridized carbons (Fsp3) is 0.214. The van der Waals surface area contributed by atoms with Crippen molar-refractivity contribution in [3.05, 3.63) is 51.2 Å². The number of thiophene rings is 1. The Bertz CT molecular complexity index is 573. The molecular weight excluding hydrogens is 264 g/mol. The molecule has 2 aromatic rings. The standard InChI is InChI=1S/C14H14O2S2/c1-9-3-4-11(7-10(9)2)17-8-12-5-6-13(18-12)14(15)16/h3-7H,8H2,1-2H3,(H,15,16). The molecule has 0 aliphatic heterocycles. The van der Waals surface area contributed by atoms with E-state index in [0.29, 0.717) is 4.88 Å². The van der Waals surface area contributed by atoms with Crippen molar-refractivity contribution in [1.82, 2.24) is 0 Å². The molecular formula is C14H14O2S2. The summed E-state index contributed by atoms with van der Waals surface area (Å²) in [5.74, 6) is -0.0251. The predicted octanol–water partition coefficient (Wildman–Crippen LogP) is 4.36. The van der Waals surface area contributed by atoms with Crippen molar-refractivity contribution < 1.29 is 9.90 Å². The summed E-state index contributed by atoms with van der Waals surface area (Å²) >= 11 is 3.09. The van der Waals surface area contributed by atoms with Gasteiger partial charge in [0.25, 0.3) is 0 Å². The highest BCUT2D eigenvalue weighted by Crippen LogP contribution is 2.28. The van der Waals surface area contributed by atoms with E-state index in [2.05, 4.69) is 32.0 Å². The van der Waals surface area contributed by atoms with Crippen molar-refractivity contribution in [2.24, 2.45) is 0 Å². The number of hydrogen-bond acceptors (Lipinski definition) is 3. The molecule has 2 rings (SSSR count). The fourth-order valence-corrected chi connectivity index (χ4v) is 3.41. The Balaban J connectivity index is 2.02. The second-order valence-corrected chi connectivity index (χ2v) is 6.32. The van der Waals surface area contributed by atoms with E-state index in [1.165, 1.54) is 27.4 Å². The van der Waals surface area contributed by atoms with Crippen LogP contribution in [0.15, 0.2) is 35.2 Å². The van der Waals surface area contributed by atoms with Gasteiger partial charge in [0, 0.05) is 15.5 Å². The molecule has 0 atom stereocenters. The molecule has 4 heteroatoms. The van der Waals surface area contributed by atoms with Crippen LogP contribution in [0.4, 0.5) is 0 Å². The fourth-order valence-electron chi connectivity index (χ4n) is 1.53. The predicted molar refractivity (Wildman–Crippen MR) is 76.8 cm³/mol. The lowest BCUT2D eigenvalue weighted by Gasteiger charge is -2.04. The van der Waals surface area contributed by atoms with E-state index in [-0.39, 0.29) is 0 Å². The van der Waals surface area contributed by atoms with Crippen LogP contribution in [0.2, 0.25) is 0 Å². The van der Waals surface area contributed by atoms with Crippen molar-refractivity contribution >= 4 is 29.1 Å². The number of rotatable bonds is 4. The summed E-state index contributed by atoms with van der Waals surface area (Å²) < 4.78 is 0. The van der Waals surface area contributed by atoms with Gasteiger partial charge in [-0.05, 0) is 49.2 Å². The van der Waals surface area contributed by atoms with Gasteiger partial charge in [0.2, 0.25) is 0 Å². The van der Waals surface area contributed by atoms with Crippen LogP contribution in [-0.2, 0) is 5.75 Å². The van der Waals surface area contributed by atoms with Gasteiger partial charge in [0.05, 0.1) is 0 Å². The molecule has 1 aromatic heterocycles. The first kappa shape index (κ1) is 13.2. The summed E-state index contributed by atoms with van der Waals surface area (Å²) in [6, 6.07) is 9.96. The second kappa shape index (κ2) is 5.59. The minimum atomic E-state index is -0.845. The molecule has 0 bridgehead atoms. The first-order valence-corrected chi connectivity index (χ1v) is 7.38. The number of carbonyl (C=O) groups is 1. The molecule has 0 fully saturated rings. The van der Waals surface area contributed by atoms with Crippen LogP contribution in [-0.4, -0.2) is 11.1 Å². The Morgan fingerprint density at radius 1 is 1.22 bits per heavy atom. The minimum Gasteiger partial charge on any atom is -0.477 e. The Hall–Kier alpha value is -1.26. The van der Waals surface area contributed by atoms with Gasteiger partial charge in [-0.3, -0.25) is 0 Å². The number of benzene rings is 1. The first-order valence-electron chi connectivity index (χ1n) is 5.58. The average Bonchev–Trinajstić information content (AvgIpc) is 2.79. The SMILES string of the molecule is Cc1ccc(SCc2ccc(C(=O)O)s2)cc1C. The number of carboxylic acids is 1. The average molecular weight is 278 g/mol. The van der Waals surface area contributed by atoms with Crippen molar-refractivity contribution in [2.45, 2.75) is 24.5 Å². The molecule has 0 spiro atoms. The number of thioether (sulfide) groups is 1. The Morgan fingerprint density at radius 3 is 2.61 bits per heavy atom. The number of carboxylic acid groups (broad SMARTS) is 1. The molecule has 0 unspecified atom stereocenters. The molecule has 0 amide bonds. The smallest absolute Gasteiger partial charge is 0.345 e. The molecule has 18 heavy (non-hydrogen) atoms. The van der Waals surface area contributed by atoms with Gasteiger partial charge in [0.15, 0.2) is 0 Å². The van der Waals surface area contributed by atoms with Crippen LogP contribution >= 0.6 is 23.1 Å². The van der Waals surface area contributed by atoms with Crippen LogP contribution in [0.25, 0.3) is 0 Å². The molecule has 0 radical (unpaired) electrons. The van der Waals surface area contributed by atoms with Crippen molar-refractivity contribution in [3.63, 3.8) is 0 Å². The maximum absolute atomic E-state index is 10.8. The molecule has 0 aliphatic rings. The summed E-state index contributed by atoms with van der Waals surface area (Å²) in [7, 11) is 0. The Labute approximate surface area is 115 Å². The number of aromatic carboxylic acids is 1. The van der Waals surface area contributed by atoms with Crippen LogP contribution in [0.5, 0.6) is 0 Å². The van der Waals surface area contributed by atoms with Crippen molar-refractivity contribution in [2.75, 3.05) is 0 Å². The van der Waals surface area contributed by atoms with Gasteiger partial charge in [-0.15, -0.1) is 23.1 Å². The molecule has 2 nitrogen and oxygen atoms in total. The van der Waals surface area contributed by atoms with Crippen LogP contribution in [0.1, 0.15) is 25.7 Å². The lowest BCUT2D eigenvalue weighted by Crippen LogP contribution is -1.89. The number of aryl methyl sites for hydroxylation is 2. The van der Waals surface area contributed by atoms with Gasteiger partial charge in [-0.1, -0.05) is 6.07 Å². The monoisotopic (exact) mass is 278 g/mol. The van der Waals surface area contributed by atoms with Gasteiger partial charge < -0.3 is 5.11 Å². The molecule has 0 aliphatic carbocycles. The summed E-state index contributed by atoms with van der Waals surface area (Å²) in [6.07, 6.45) is 0. The van der Waals surface area contributed by atoms with E-state index >= 15 is 0 Å². The van der Waals surface area contributed by atoms with Gasteiger partial charge >= 0.3 is 5.97 Å². The highest BCUT2D eigenvalue weighted by Gasteiger charge is 2.07. The highest BCUT2D eigenvalue weighted by atomic mass is 32.2. The molecule has 94 valence electrons. The van der Waals surface area contributed by atoms with Crippen LogP contribution in [0, 0.1) is 13.8 Å². The molecule has 0 saturated heterocycles. The lowest BCUT2D eigenvalue weighted by atomic mass is 10.1. The maximum atomic E-state index is 10.8. The third-order valence-corrected chi connectivity index (χ3v) is 5.03. The first-order chi connectivity index (χ1) is 8.56. The van der Waals surface area contributed by atoms with Crippen LogP contribution in [0.3, 0.4) is 0 Å². The van der Waals surface area contributed by atoms with Crippen LogP contribution < -0.4 is 0 Å².